The number of alkyl halides is 6. The largest absolute Gasteiger partial charge is 0.416 e. The topological polar surface area (TPSA) is 74.3 Å². The Hall–Kier alpha value is -4.09. The molecule has 2 aromatic rings. The SMILES string of the molecule is C/C=C(\C=C/C1CC=C(c2cccc(C(F)(F)F)c2)N1CC)NC(=O)c1cc(CNC(=O)C(C)(C)F)cnc1C(F)F. The fourth-order valence-electron chi connectivity index (χ4n) is 4.37. The number of nitrogens with zero attached hydrogens (tertiary/aromatic N) is 2. The van der Waals surface area contributed by atoms with Crippen LogP contribution in [0.15, 0.2) is 66.5 Å². The number of benzene rings is 1. The third-order valence-corrected chi connectivity index (χ3v) is 6.58. The van der Waals surface area contributed by atoms with Crippen LogP contribution in [0, 0.1) is 0 Å². The number of hydrogen-bond donors (Lipinski definition) is 2. The summed E-state index contributed by atoms with van der Waals surface area (Å²) in [6.07, 6.45) is 0.826. The predicted octanol–water partition coefficient (Wildman–Crippen LogP) is 6.73. The molecule has 0 fully saturated rings. The average Bonchev–Trinajstić information content (AvgIpc) is 3.35. The van der Waals surface area contributed by atoms with E-state index in [1.165, 1.54) is 6.07 Å². The molecule has 226 valence electrons. The predicted molar refractivity (Wildman–Crippen MR) is 147 cm³/mol. The van der Waals surface area contributed by atoms with Crippen LogP contribution in [-0.2, 0) is 17.5 Å². The van der Waals surface area contributed by atoms with Crippen LogP contribution in [0.1, 0.15) is 73.3 Å². The molecule has 0 bridgehead atoms. The Bertz CT molecular complexity index is 1390. The summed E-state index contributed by atoms with van der Waals surface area (Å²) in [6, 6.07) is 6.02. The van der Waals surface area contributed by atoms with Gasteiger partial charge >= 0.3 is 6.18 Å². The maximum atomic E-state index is 13.8. The lowest BCUT2D eigenvalue weighted by Crippen LogP contribution is -2.38. The number of pyridine rings is 1. The maximum Gasteiger partial charge on any atom is 0.416 e. The van der Waals surface area contributed by atoms with Crippen molar-refractivity contribution in [1.29, 1.82) is 0 Å². The minimum Gasteiger partial charge on any atom is -0.365 e. The first-order valence-electron chi connectivity index (χ1n) is 13.2. The molecule has 1 aliphatic heterocycles. The van der Waals surface area contributed by atoms with Crippen molar-refractivity contribution in [2.75, 3.05) is 6.54 Å². The van der Waals surface area contributed by atoms with Crippen LogP contribution in [0.3, 0.4) is 0 Å². The minimum absolute atomic E-state index is 0.220. The first kappa shape index (κ1) is 32.4. The minimum atomic E-state index is -4.47. The van der Waals surface area contributed by atoms with Crippen molar-refractivity contribution in [3.05, 3.63) is 94.5 Å². The van der Waals surface area contributed by atoms with Gasteiger partial charge < -0.3 is 15.5 Å². The van der Waals surface area contributed by atoms with E-state index >= 15 is 0 Å². The third-order valence-electron chi connectivity index (χ3n) is 6.58. The van der Waals surface area contributed by atoms with Crippen LogP contribution < -0.4 is 10.6 Å². The molecule has 42 heavy (non-hydrogen) atoms. The van der Waals surface area contributed by atoms with E-state index in [0.717, 1.165) is 38.2 Å². The lowest BCUT2D eigenvalue weighted by Gasteiger charge is -2.27. The molecule has 1 aromatic carbocycles. The number of nitrogens with one attached hydrogen (secondary N) is 2. The number of rotatable bonds is 10. The van der Waals surface area contributed by atoms with E-state index < -0.39 is 46.9 Å². The number of hydrogen-bond acceptors (Lipinski definition) is 4. The average molecular weight is 595 g/mol. The highest BCUT2D eigenvalue weighted by molar-refractivity contribution is 5.97. The number of carbonyl (C=O) groups is 2. The highest BCUT2D eigenvalue weighted by Gasteiger charge is 2.32. The molecular weight excluding hydrogens is 562 g/mol. The van der Waals surface area contributed by atoms with E-state index in [4.69, 9.17) is 0 Å². The molecule has 0 aliphatic carbocycles. The van der Waals surface area contributed by atoms with Gasteiger partial charge in [0.25, 0.3) is 18.2 Å². The van der Waals surface area contributed by atoms with Gasteiger partial charge in [-0.3, -0.25) is 14.6 Å². The van der Waals surface area contributed by atoms with Gasteiger partial charge in [-0.25, -0.2) is 13.2 Å². The molecule has 1 aromatic heterocycles. The summed E-state index contributed by atoms with van der Waals surface area (Å²) in [5, 5.41) is 4.90. The van der Waals surface area contributed by atoms with Crippen LogP contribution in [0.2, 0.25) is 0 Å². The molecule has 0 saturated carbocycles. The van der Waals surface area contributed by atoms with Gasteiger partial charge in [0.2, 0.25) is 0 Å². The van der Waals surface area contributed by atoms with E-state index in [9.17, 15) is 35.9 Å². The molecule has 1 unspecified atom stereocenters. The zero-order valence-electron chi connectivity index (χ0n) is 23.5. The van der Waals surface area contributed by atoms with Gasteiger partial charge in [-0.05, 0) is 69.5 Å². The molecule has 3 rings (SSSR count). The van der Waals surface area contributed by atoms with Gasteiger partial charge in [0, 0.05) is 30.7 Å². The van der Waals surface area contributed by atoms with E-state index in [2.05, 4.69) is 15.6 Å². The number of allylic oxidation sites excluding steroid dienone is 2. The second-order valence-electron chi connectivity index (χ2n) is 10.0. The molecule has 12 heteroatoms. The van der Waals surface area contributed by atoms with E-state index in [1.54, 1.807) is 31.2 Å². The van der Waals surface area contributed by atoms with Crippen molar-refractivity contribution in [2.45, 2.75) is 65.0 Å². The first-order chi connectivity index (χ1) is 19.6. The summed E-state index contributed by atoms with van der Waals surface area (Å²) in [6.45, 7) is 5.91. The Morgan fingerprint density at radius 1 is 1.17 bits per heavy atom. The monoisotopic (exact) mass is 594 g/mol. The smallest absolute Gasteiger partial charge is 0.365 e. The van der Waals surface area contributed by atoms with Crippen molar-refractivity contribution in [2.24, 2.45) is 0 Å². The molecule has 2 amide bonds. The van der Waals surface area contributed by atoms with Crippen molar-refractivity contribution in [1.82, 2.24) is 20.5 Å². The molecule has 2 N–H and O–H groups in total. The number of aromatic nitrogens is 1. The Balaban J connectivity index is 1.75. The summed E-state index contributed by atoms with van der Waals surface area (Å²) in [5.74, 6) is -1.78. The van der Waals surface area contributed by atoms with Gasteiger partial charge in [0.1, 0.15) is 5.69 Å². The summed E-state index contributed by atoms with van der Waals surface area (Å²) >= 11 is 0. The molecule has 2 heterocycles. The quantitative estimate of drug-likeness (QED) is 0.237. The molecule has 0 spiro atoms. The fourth-order valence-corrected chi connectivity index (χ4v) is 4.37. The normalized spacial score (nSPS) is 16.3. The van der Waals surface area contributed by atoms with Crippen LogP contribution in [0.4, 0.5) is 26.3 Å². The van der Waals surface area contributed by atoms with Gasteiger partial charge in [-0.1, -0.05) is 30.4 Å². The van der Waals surface area contributed by atoms with E-state index in [0.29, 0.717) is 29.9 Å². The Morgan fingerprint density at radius 2 is 1.88 bits per heavy atom. The molecule has 1 aliphatic rings. The maximum absolute atomic E-state index is 13.8. The van der Waals surface area contributed by atoms with Crippen molar-refractivity contribution < 1.29 is 35.9 Å². The number of halogens is 6. The summed E-state index contributed by atoms with van der Waals surface area (Å²) in [7, 11) is 0. The Morgan fingerprint density at radius 3 is 2.48 bits per heavy atom. The van der Waals surface area contributed by atoms with Crippen LogP contribution in [-0.4, -0.2) is 40.0 Å². The molecular formula is C30H32F6N4O2. The number of amides is 2. The Labute approximate surface area is 240 Å². The molecule has 0 saturated heterocycles. The third kappa shape index (κ3) is 8.01. The van der Waals surface area contributed by atoms with E-state index in [1.807, 2.05) is 17.9 Å². The van der Waals surface area contributed by atoms with Crippen molar-refractivity contribution in [3.8, 4) is 0 Å². The van der Waals surface area contributed by atoms with Gasteiger partial charge in [0.05, 0.1) is 17.2 Å². The highest BCUT2D eigenvalue weighted by Crippen LogP contribution is 2.35. The Kier molecular flexibility index (Phi) is 10.2. The standard InChI is InChI=1S/C30H32F6N4O2/c1-5-21(10-11-22-12-13-24(40(22)6-2)19-8-7-9-20(15-19)30(34,35)36)39-27(41)23-14-18(16-37-25(23)26(31)32)17-38-28(42)29(3,4)33/h5,7-11,13-16,22,26H,6,12,17H2,1-4H3,(H,38,42)(H,39,41)/b11-10-,21-5+. The van der Waals surface area contributed by atoms with Crippen LogP contribution in [0.25, 0.3) is 5.70 Å². The number of likely N-dealkylation sites (N-methyl/N-ethyl adjacent to an activating group) is 1. The fraction of sp³-hybridized carbons (Fsp3) is 0.367. The second-order valence-corrected chi connectivity index (χ2v) is 10.0. The van der Waals surface area contributed by atoms with Crippen LogP contribution in [0.5, 0.6) is 0 Å². The molecule has 6 nitrogen and oxygen atoms in total. The van der Waals surface area contributed by atoms with Crippen molar-refractivity contribution in [3.63, 3.8) is 0 Å². The zero-order chi connectivity index (χ0) is 31.2. The van der Waals surface area contributed by atoms with Gasteiger partial charge in [-0.2, -0.15) is 13.2 Å². The summed E-state index contributed by atoms with van der Waals surface area (Å²) < 4.78 is 80.8. The lowest BCUT2D eigenvalue weighted by molar-refractivity contribution is -0.137. The molecule has 1 atom stereocenters. The zero-order valence-corrected chi connectivity index (χ0v) is 23.5. The van der Waals surface area contributed by atoms with Gasteiger partial charge in [0.15, 0.2) is 5.67 Å². The summed E-state index contributed by atoms with van der Waals surface area (Å²) in [5.41, 5.74) is -2.47. The van der Waals surface area contributed by atoms with Crippen LogP contribution >= 0.6 is 0 Å². The van der Waals surface area contributed by atoms with Gasteiger partial charge in [-0.15, -0.1) is 0 Å². The first-order valence-corrected chi connectivity index (χ1v) is 13.2. The number of carbonyl (C=O) groups excluding carboxylic acids is 2. The van der Waals surface area contributed by atoms with Crippen molar-refractivity contribution >= 4 is 17.5 Å². The highest BCUT2D eigenvalue weighted by atomic mass is 19.4. The lowest BCUT2D eigenvalue weighted by atomic mass is 10.1. The second kappa shape index (κ2) is 13.3. The van der Waals surface area contributed by atoms with E-state index in [-0.39, 0.29) is 18.2 Å². The molecule has 0 radical (unpaired) electrons. The summed E-state index contributed by atoms with van der Waals surface area (Å²) in [4.78, 5) is 30.5.